The van der Waals surface area contributed by atoms with Crippen molar-refractivity contribution >= 4 is 23.5 Å². The van der Waals surface area contributed by atoms with Crippen LogP contribution in [-0.4, -0.2) is 33.7 Å². The summed E-state index contributed by atoms with van der Waals surface area (Å²) in [6.45, 7) is 0.863. The fourth-order valence-corrected chi connectivity index (χ4v) is 3.30. The first-order valence-electron chi connectivity index (χ1n) is 8.04. The lowest BCUT2D eigenvalue weighted by Crippen LogP contribution is -2.38. The predicted molar refractivity (Wildman–Crippen MR) is 98.0 cm³/mol. The van der Waals surface area contributed by atoms with Gasteiger partial charge in [0, 0.05) is 42.5 Å². The molecule has 138 valence electrons. The maximum Gasteiger partial charge on any atom is 0.416 e. The lowest BCUT2D eigenvalue weighted by Gasteiger charge is -2.28. The molecule has 4 rings (SSSR count). The molecule has 0 N–H and O–H groups in total. The summed E-state index contributed by atoms with van der Waals surface area (Å²) in [6, 6.07) is 8.69. The number of pyridine rings is 1. The quantitative estimate of drug-likeness (QED) is 0.723. The molecule has 0 aliphatic carbocycles. The van der Waals surface area contributed by atoms with Crippen LogP contribution < -0.4 is 4.74 Å². The van der Waals surface area contributed by atoms with Gasteiger partial charge in [0.05, 0.1) is 5.56 Å². The molecule has 0 atom stereocenters. The molecule has 3 heterocycles. The highest BCUT2D eigenvalue weighted by atomic mass is 32.2. The average molecular weight is 390 g/mol. The minimum absolute atomic E-state index is 0.116. The van der Waals surface area contributed by atoms with Gasteiger partial charge in [-0.2, -0.15) is 17.6 Å². The first kappa shape index (κ1) is 17.6. The van der Waals surface area contributed by atoms with Crippen molar-refractivity contribution in [1.82, 2.24) is 9.88 Å². The minimum Gasteiger partial charge on any atom is -0.439 e. The van der Waals surface area contributed by atoms with Gasteiger partial charge in [0.25, 0.3) is 0 Å². The van der Waals surface area contributed by atoms with E-state index < -0.39 is 11.7 Å². The van der Waals surface area contributed by atoms with Crippen molar-refractivity contribution in [3.8, 4) is 11.6 Å². The summed E-state index contributed by atoms with van der Waals surface area (Å²) in [5.41, 5.74) is 0.781. The Labute approximate surface area is 157 Å². The number of hydrogen-bond donors (Lipinski definition) is 0. The lowest BCUT2D eigenvalue weighted by atomic mass is 10.1. The zero-order valence-corrected chi connectivity index (χ0v) is 14.7. The van der Waals surface area contributed by atoms with Gasteiger partial charge in [-0.1, -0.05) is 0 Å². The predicted octanol–water partition coefficient (Wildman–Crippen LogP) is 4.53. The zero-order chi connectivity index (χ0) is 18.9. The second kappa shape index (κ2) is 7.07. The highest BCUT2D eigenvalue weighted by Crippen LogP contribution is 2.31. The molecule has 0 saturated heterocycles. The van der Waals surface area contributed by atoms with Crippen molar-refractivity contribution in [3.05, 3.63) is 66.1 Å². The van der Waals surface area contributed by atoms with E-state index in [0.717, 1.165) is 47.7 Å². The summed E-state index contributed by atoms with van der Waals surface area (Å²) in [7, 11) is 0. The number of ether oxygens (including phenoxy) is 1. The Hall–Kier alpha value is -2.81. The van der Waals surface area contributed by atoms with Crippen LogP contribution in [0.2, 0.25) is 0 Å². The van der Waals surface area contributed by atoms with E-state index in [1.165, 1.54) is 11.9 Å². The highest BCUT2D eigenvalue weighted by molar-refractivity contribution is 7.98. The third-order valence-electron chi connectivity index (χ3n) is 3.92. The van der Waals surface area contributed by atoms with Crippen molar-refractivity contribution in [2.45, 2.75) is 6.18 Å². The van der Waals surface area contributed by atoms with Gasteiger partial charge in [0.1, 0.15) is 11.5 Å². The summed E-state index contributed by atoms with van der Waals surface area (Å²) in [5.74, 6) is 1.98. The number of hydrogen-bond acceptors (Lipinski definition) is 6. The molecular weight excluding hydrogens is 377 g/mol. The van der Waals surface area contributed by atoms with Gasteiger partial charge in [-0.15, -0.1) is 0 Å². The highest BCUT2D eigenvalue weighted by Gasteiger charge is 2.31. The normalized spacial score (nSPS) is 16.5. The Morgan fingerprint density at radius 3 is 2.70 bits per heavy atom. The van der Waals surface area contributed by atoms with Crippen molar-refractivity contribution in [3.63, 3.8) is 0 Å². The number of fused-ring (bicyclic) bond motifs is 1. The summed E-state index contributed by atoms with van der Waals surface area (Å²) >= 11 is 1.49. The maximum atomic E-state index is 12.8. The number of alkyl halides is 3. The minimum atomic E-state index is -4.44. The van der Waals surface area contributed by atoms with E-state index in [9.17, 15) is 13.2 Å². The van der Waals surface area contributed by atoms with Gasteiger partial charge in [0.2, 0.25) is 5.88 Å². The second-order valence-electron chi connectivity index (χ2n) is 5.72. The standard InChI is InChI=1S/C18H13F3N4OS/c19-18(20,21)13-5-6-22-15(11-13)26-14-3-1-12(2-4-14)16-17-24-27-10-9-25(17)8-7-23-16/h1-8,11H,9-10H2. The Kier molecular flexibility index (Phi) is 4.61. The lowest BCUT2D eigenvalue weighted by molar-refractivity contribution is -0.137. The number of rotatable bonds is 3. The number of aliphatic imine (C=N–C) groups is 1. The summed E-state index contributed by atoms with van der Waals surface area (Å²) in [6.07, 6.45) is 0.241. The molecule has 0 radical (unpaired) electrons. The van der Waals surface area contributed by atoms with Gasteiger partial charge in [-0.25, -0.2) is 4.98 Å². The topological polar surface area (TPSA) is 50.1 Å². The molecule has 0 fully saturated rings. The average Bonchev–Trinajstić information content (AvgIpc) is 2.68. The summed E-state index contributed by atoms with van der Waals surface area (Å²) < 4.78 is 48.3. The largest absolute Gasteiger partial charge is 0.439 e. The molecule has 0 amide bonds. The van der Waals surface area contributed by atoms with Gasteiger partial charge in [-0.3, -0.25) is 4.99 Å². The van der Waals surface area contributed by atoms with Gasteiger partial charge in [-0.05, 0) is 42.3 Å². The molecule has 1 aromatic heterocycles. The SMILES string of the molecule is FC(F)(F)c1ccnc(Oc2ccc(C3=NC=CN4CCSN=C34)cc2)c1. The van der Waals surface area contributed by atoms with E-state index >= 15 is 0 Å². The van der Waals surface area contributed by atoms with Crippen molar-refractivity contribution in [2.75, 3.05) is 12.3 Å². The number of aromatic nitrogens is 1. The third-order valence-corrected chi connectivity index (χ3v) is 4.59. The van der Waals surface area contributed by atoms with Crippen molar-refractivity contribution in [1.29, 1.82) is 0 Å². The van der Waals surface area contributed by atoms with Crippen LogP contribution in [0.5, 0.6) is 11.6 Å². The number of benzene rings is 1. The van der Waals surface area contributed by atoms with Crippen molar-refractivity contribution < 1.29 is 17.9 Å². The molecule has 1 aromatic carbocycles. The number of amidine groups is 1. The van der Waals surface area contributed by atoms with Crippen molar-refractivity contribution in [2.24, 2.45) is 9.39 Å². The van der Waals surface area contributed by atoms with Gasteiger partial charge >= 0.3 is 6.18 Å². The van der Waals surface area contributed by atoms with E-state index in [1.807, 2.05) is 11.1 Å². The molecule has 27 heavy (non-hydrogen) atoms. The van der Waals surface area contributed by atoms with Crippen LogP contribution in [0.1, 0.15) is 11.1 Å². The fraction of sp³-hybridized carbons (Fsp3) is 0.167. The monoisotopic (exact) mass is 390 g/mol. The Balaban J connectivity index is 1.54. The van der Waals surface area contributed by atoms with E-state index in [0.29, 0.717) is 5.75 Å². The molecule has 0 unspecified atom stereocenters. The van der Waals surface area contributed by atoms with Crippen LogP contribution in [0.25, 0.3) is 0 Å². The molecule has 0 bridgehead atoms. The van der Waals surface area contributed by atoms with Gasteiger partial charge < -0.3 is 9.64 Å². The molecule has 0 saturated carbocycles. The Morgan fingerprint density at radius 1 is 1.11 bits per heavy atom. The van der Waals surface area contributed by atoms with Crippen LogP contribution >= 0.6 is 11.9 Å². The van der Waals surface area contributed by atoms with Crippen LogP contribution in [0.3, 0.4) is 0 Å². The summed E-state index contributed by atoms with van der Waals surface area (Å²) in [4.78, 5) is 10.3. The number of halogens is 3. The summed E-state index contributed by atoms with van der Waals surface area (Å²) in [5, 5.41) is 0. The van der Waals surface area contributed by atoms with E-state index in [-0.39, 0.29) is 5.88 Å². The zero-order valence-electron chi connectivity index (χ0n) is 13.8. The Bertz CT molecular complexity index is 938. The van der Waals surface area contributed by atoms with E-state index in [2.05, 4.69) is 14.4 Å². The van der Waals surface area contributed by atoms with Crippen LogP contribution in [0.15, 0.2) is 64.4 Å². The van der Waals surface area contributed by atoms with Crippen LogP contribution in [-0.2, 0) is 6.18 Å². The van der Waals surface area contributed by atoms with Crippen LogP contribution in [0, 0.1) is 0 Å². The van der Waals surface area contributed by atoms with E-state index in [4.69, 9.17) is 4.74 Å². The number of nitrogens with zero attached hydrogens (tertiary/aromatic N) is 4. The third kappa shape index (κ3) is 3.82. The maximum absolute atomic E-state index is 12.8. The van der Waals surface area contributed by atoms with Crippen LogP contribution in [0.4, 0.5) is 13.2 Å². The second-order valence-corrected chi connectivity index (χ2v) is 6.57. The smallest absolute Gasteiger partial charge is 0.416 e. The molecule has 2 aliphatic rings. The van der Waals surface area contributed by atoms with Gasteiger partial charge in [0.15, 0.2) is 5.84 Å². The molecule has 9 heteroatoms. The first-order valence-corrected chi connectivity index (χ1v) is 8.98. The molecule has 2 aromatic rings. The molecule has 0 spiro atoms. The first-order chi connectivity index (χ1) is 13.0. The molecule has 5 nitrogen and oxygen atoms in total. The molecular formula is C18H13F3N4OS. The Morgan fingerprint density at radius 2 is 1.93 bits per heavy atom. The fourth-order valence-electron chi connectivity index (χ4n) is 2.62. The van der Waals surface area contributed by atoms with E-state index in [1.54, 1.807) is 30.5 Å². The molecule has 2 aliphatic heterocycles.